The Morgan fingerprint density at radius 3 is 2.33 bits per heavy atom. The van der Waals surface area contributed by atoms with E-state index in [1.54, 1.807) is 41.0 Å². The first-order valence-electron chi connectivity index (χ1n) is 10.4. The number of morpholine rings is 1. The van der Waals surface area contributed by atoms with Gasteiger partial charge in [0.25, 0.3) is 11.8 Å². The molecule has 0 aromatic heterocycles. The molecule has 3 rings (SSSR count). The highest BCUT2D eigenvalue weighted by atomic mass is 35.5. The van der Waals surface area contributed by atoms with E-state index in [-0.39, 0.29) is 30.6 Å². The lowest BCUT2D eigenvalue weighted by molar-refractivity contribution is -0.167. The van der Waals surface area contributed by atoms with Crippen LogP contribution < -0.4 is 0 Å². The van der Waals surface area contributed by atoms with Crippen molar-refractivity contribution in [2.45, 2.75) is 51.9 Å². The third-order valence-corrected chi connectivity index (χ3v) is 5.76. The zero-order valence-electron chi connectivity index (χ0n) is 17.7. The standard InChI is InChI=1S/C22H29ClN2O5/c1-14-11-25(12-15(2)29-14)20(26)16(3)30-22(28)18-5-4-10-24(13-18)21(27)17-6-8-19(23)9-7-17/h6-9,14-16,18H,4-5,10-13H2,1-3H3. The number of carbonyl (C=O) groups excluding carboxylic acids is 3. The average molecular weight is 437 g/mol. The molecule has 0 bridgehead atoms. The molecule has 30 heavy (non-hydrogen) atoms. The zero-order valence-corrected chi connectivity index (χ0v) is 18.4. The monoisotopic (exact) mass is 436 g/mol. The molecule has 2 aliphatic rings. The highest BCUT2D eigenvalue weighted by Crippen LogP contribution is 2.22. The van der Waals surface area contributed by atoms with Gasteiger partial charge in [-0.15, -0.1) is 0 Å². The number of ether oxygens (including phenoxy) is 2. The minimum atomic E-state index is -0.864. The van der Waals surface area contributed by atoms with Crippen molar-refractivity contribution in [1.29, 1.82) is 0 Å². The van der Waals surface area contributed by atoms with E-state index < -0.39 is 18.0 Å². The van der Waals surface area contributed by atoms with Crippen molar-refractivity contribution in [3.63, 3.8) is 0 Å². The summed E-state index contributed by atoms with van der Waals surface area (Å²) in [6, 6.07) is 6.70. The summed E-state index contributed by atoms with van der Waals surface area (Å²) in [4.78, 5) is 41.5. The van der Waals surface area contributed by atoms with E-state index in [1.807, 2.05) is 13.8 Å². The number of benzene rings is 1. The van der Waals surface area contributed by atoms with Crippen molar-refractivity contribution in [3.05, 3.63) is 34.9 Å². The first kappa shape index (κ1) is 22.6. The molecule has 164 valence electrons. The van der Waals surface area contributed by atoms with Gasteiger partial charge < -0.3 is 19.3 Å². The smallest absolute Gasteiger partial charge is 0.311 e. The Bertz CT molecular complexity index is 774. The molecule has 0 radical (unpaired) electrons. The second kappa shape index (κ2) is 9.79. The molecule has 4 atom stereocenters. The summed E-state index contributed by atoms with van der Waals surface area (Å²) in [5, 5.41) is 0.564. The summed E-state index contributed by atoms with van der Waals surface area (Å²) in [7, 11) is 0. The molecule has 0 spiro atoms. The third-order valence-electron chi connectivity index (χ3n) is 5.51. The molecule has 2 saturated heterocycles. The summed E-state index contributed by atoms with van der Waals surface area (Å²) < 4.78 is 11.2. The Kier molecular flexibility index (Phi) is 7.36. The number of halogens is 1. The topological polar surface area (TPSA) is 76.2 Å². The Hall–Kier alpha value is -2.12. The predicted octanol–water partition coefficient (Wildman–Crippen LogP) is 2.76. The van der Waals surface area contributed by atoms with Crippen LogP contribution in [0.5, 0.6) is 0 Å². The van der Waals surface area contributed by atoms with Gasteiger partial charge in [-0.05, 0) is 57.9 Å². The Balaban J connectivity index is 1.56. The summed E-state index contributed by atoms with van der Waals surface area (Å²) in [6.45, 7) is 7.28. The fourth-order valence-corrected chi connectivity index (χ4v) is 4.19. The lowest BCUT2D eigenvalue weighted by atomic mass is 9.97. The number of esters is 1. The fraction of sp³-hybridized carbons (Fsp3) is 0.591. The van der Waals surface area contributed by atoms with Gasteiger partial charge in [0.05, 0.1) is 18.1 Å². The van der Waals surface area contributed by atoms with Crippen molar-refractivity contribution in [1.82, 2.24) is 9.80 Å². The van der Waals surface area contributed by atoms with Gasteiger partial charge in [0.15, 0.2) is 6.10 Å². The van der Waals surface area contributed by atoms with Crippen LogP contribution in [0.25, 0.3) is 0 Å². The molecule has 4 unspecified atom stereocenters. The Morgan fingerprint density at radius 1 is 1.07 bits per heavy atom. The minimum absolute atomic E-state index is 0.0496. The van der Waals surface area contributed by atoms with Gasteiger partial charge in [0.2, 0.25) is 0 Å². The Morgan fingerprint density at radius 2 is 1.70 bits per heavy atom. The van der Waals surface area contributed by atoms with Crippen molar-refractivity contribution in [3.8, 4) is 0 Å². The summed E-state index contributed by atoms with van der Waals surface area (Å²) in [5.74, 6) is -1.22. The molecule has 0 aliphatic carbocycles. The fourth-order valence-electron chi connectivity index (χ4n) is 4.06. The second-order valence-corrected chi connectivity index (χ2v) is 8.61. The SMILES string of the molecule is CC1CN(C(=O)C(C)OC(=O)C2CCCN(C(=O)c3ccc(Cl)cc3)C2)CC(C)O1. The van der Waals surface area contributed by atoms with Gasteiger partial charge in [0, 0.05) is 36.8 Å². The van der Waals surface area contributed by atoms with Crippen molar-refractivity contribution in [2.24, 2.45) is 5.92 Å². The van der Waals surface area contributed by atoms with Crippen LogP contribution in [-0.4, -0.2) is 72.1 Å². The number of amides is 2. The highest BCUT2D eigenvalue weighted by molar-refractivity contribution is 6.30. The Labute approximate surface area is 182 Å². The molecule has 2 amide bonds. The van der Waals surface area contributed by atoms with Gasteiger partial charge in [0.1, 0.15) is 0 Å². The average Bonchev–Trinajstić information content (AvgIpc) is 2.72. The molecule has 7 nitrogen and oxygen atoms in total. The predicted molar refractivity (Wildman–Crippen MR) is 112 cm³/mol. The number of rotatable bonds is 4. The molecule has 1 aromatic rings. The quantitative estimate of drug-likeness (QED) is 0.678. The molecular weight excluding hydrogens is 408 g/mol. The van der Waals surface area contributed by atoms with E-state index in [9.17, 15) is 14.4 Å². The number of carbonyl (C=O) groups is 3. The molecule has 2 heterocycles. The van der Waals surface area contributed by atoms with Crippen LogP contribution in [0.2, 0.25) is 5.02 Å². The minimum Gasteiger partial charge on any atom is -0.452 e. The zero-order chi connectivity index (χ0) is 21.8. The van der Waals surface area contributed by atoms with E-state index in [1.165, 1.54) is 0 Å². The van der Waals surface area contributed by atoms with E-state index in [2.05, 4.69) is 0 Å². The maximum Gasteiger partial charge on any atom is 0.311 e. The summed E-state index contributed by atoms with van der Waals surface area (Å²) in [6.07, 6.45) is 0.380. The van der Waals surface area contributed by atoms with Crippen molar-refractivity contribution in [2.75, 3.05) is 26.2 Å². The van der Waals surface area contributed by atoms with Crippen LogP contribution in [0.4, 0.5) is 0 Å². The van der Waals surface area contributed by atoms with Gasteiger partial charge in [-0.3, -0.25) is 14.4 Å². The van der Waals surface area contributed by atoms with Gasteiger partial charge >= 0.3 is 5.97 Å². The maximum atomic E-state index is 12.7. The van der Waals surface area contributed by atoms with Crippen LogP contribution >= 0.6 is 11.6 Å². The summed E-state index contributed by atoms with van der Waals surface area (Å²) in [5.41, 5.74) is 0.535. The third kappa shape index (κ3) is 5.52. The van der Waals surface area contributed by atoms with Crippen LogP contribution in [0.15, 0.2) is 24.3 Å². The lowest BCUT2D eigenvalue weighted by Crippen LogP contribution is -2.52. The molecule has 0 saturated carbocycles. The molecule has 0 N–H and O–H groups in total. The lowest BCUT2D eigenvalue weighted by Gasteiger charge is -2.37. The molecular formula is C22H29ClN2O5. The number of nitrogens with zero attached hydrogens (tertiary/aromatic N) is 2. The van der Waals surface area contributed by atoms with Crippen LogP contribution in [0, 0.1) is 5.92 Å². The van der Waals surface area contributed by atoms with Gasteiger partial charge in [-0.1, -0.05) is 11.6 Å². The normalized spacial score (nSPS) is 25.5. The van der Waals surface area contributed by atoms with Crippen molar-refractivity contribution >= 4 is 29.4 Å². The first-order valence-corrected chi connectivity index (χ1v) is 10.8. The van der Waals surface area contributed by atoms with E-state index in [0.29, 0.717) is 43.1 Å². The van der Waals surface area contributed by atoms with E-state index in [0.717, 1.165) is 0 Å². The van der Waals surface area contributed by atoms with Crippen molar-refractivity contribution < 1.29 is 23.9 Å². The van der Waals surface area contributed by atoms with E-state index >= 15 is 0 Å². The van der Waals surface area contributed by atoms with E-state index in [4.69, 9.17) is 21.1 Å². The van der Waals surface area contributed by atoms with Gasteiger partial charge in [-0.2, -0.15) is 0 Å². The molecule has 8 heteroatoms. The first-order chi connectivity index (χ1) is 14.2. The highest BCUT2D eigenvalue weighted by Gasteiger charge is 2.34. The van der Waals surface area contributed by atoms with Crippen LogP contribution in [-0.2, 0) is 19.1 Å². The van der Waals surface area contributed by atoms with Crippen LogP contribution in [0.1, 0.15) is 44.0 Å². The molecule has 2 aliphatic heterocycles. The second-order valence-electron chi connectivity index (χ2n) is 8.18. The molecule has 2 fully saturated rings. The van der Waals surface area contributed by atoms with Gasteiger partial charge in [-0.25, -0.2) is 0 Å². The summed E-state index contributed by atoms with van der Waals surface area (Å²) >= 11 is 5.89. The number of likely N-dealkylation sites (tertiary alicyclic amines) is 1. The number of hydrogen-bond acceptors (Lipinski definition) is 5. The van der Waals surface area contributed by atoms with Crippen LogP contribution in [0.3, 0.4) is 0 Å². The maximum absolute atomic E-state index is 12.7. The molecule has 1 aromatic carbocycles. The number of piperidine rings is 1. The largest absolute Gasteiger partial charge is 0.452 e. The number of hydrogen-bond donors (Lipinski definition) is 0.